The molecule has 0 aliphatic heterocycles. The van der Waals surface area contributed by atoms with Crippen LogP contribution >= 0.6 is 23.2 Å². The summed E-state index contributed by atoms with van der Waals surface area (Å²) in [6.07, 6.45) is 0. The van der Waals surface area contributed by atoms with Crippen LogP contribution in [-0.4, -0.2) is 0 Å². The van der Waals surface area contributed by atoms with E-state index >= 15 is 0 Å². The largest absolute Gasteiger partial charge is 0.324 e. The molecule has 78 valence electrons. The van der Waals surface area contributed by atoms with Crippen molar-refractivity contribution in [2.75, 3.05) is 0 Å². The second-order valence-electron chi connectivity index (χ2n) is 4.52. The third-order valence-corrected chi connectivity index (χ3v) is 2.97. The number of halogens is 2. The molecular formula is C11H15Cl2N. The van der Waals surface area contributed by atoms with Gasteiger partial charge in [0.15, 0.2) is 0 Å². The van der Waals surface area contributed by atoms with Gasteiger partial charge in [0.05, 0.1) is 10.0 Å². The molecule has 1 atom stereocenters. The fraction of sp³-hybridized carbons (Fsp3) is 0.455. The van der Waals surface area contributed by atoms with Gasteiger partial charge in [0.2, 0.25) is 0 Å². The minimum Gasteiger partial charge on any atom is -0.324 e. The van der Waals surface area contributed by atoms with Crippen molar-refractivity contribution in [2.45, 2.75) is 26.8 Å². The van der Waals surface area contributed by atoms with Crippen LogP contribution in [0.2, 0.25) is 10.0 Å². The molecule has 1 unspecified atom stereocenters. The molecule has 0 fully saturated rings. The van der Waals surface area contributed by atoms with E-state index in [1.807, 2.05) is 12.1 Å². The highest BCUT2D eigenvalue weighted by Crippen LogP contribution is 2.33. The maximum absolute atomic E-state index is 6.09. The van der Waals surface area contributed by atoms with E-state index in [2.05, 4.69) is 20.8 Å². The Balaban J connectivity index is 3.03. The lowest BCUT2D eigenvalue weighted by Crippen LogP contribution is -2.26. The third kappa shape index (κ3) is 2.63. The molecule has 14 heavy (non-hydrogen) atoms. The zero-order valence-corrected chi connectivity index (χ0v) is 10.2. The van der Waals surface area contributed by atoms with E-state index in [9.17, 15) is 0 Å². The van der Waals surface area contributed by atoms with E-state index in [1.54, 1.807) is 6.07 Å². The molecule has 0 radical (unpaired) electrons. The van der Waals surface area contributed by atoms with Crippen LogP contribution in [0.1, 0.15) is 32.4 Å². The summed E-state index contributed by atoms with van der Waals surface area (Å²) in [5.74, 6) is 0. The number of benzene rings is 1. The Morgan fingerprint density at radius 2 is 1.71 bits per heavy atom. The summed E-state index contributed by atoms with van der Waals surface area (Å²) in [7, 11) is 0. The number of hydrogen-bond acceptors (Lipinski definition) is 1. The molecule has 0 saturated carbocycles. The van der Waals surface area contributed by atoms with Crippen LogP contribution in [0.5, 0.6) is 0 Å². The molecule has 0 heterocycles. The Kier molecular flexibility index (Phi) is 3.46. The summed E-state index contributed by atoms with van der Waals surface area (Å²) in [5.41, 5.74) is 7.13. The van der Waals surface area contributed by atoms with Gasteiger partial charge in [-0.2, -0.15) is 0 Å². The molecule has 2 N–H and O–H groups in total. The number of rotatable bonds is 1. The van der Waals surface area contributed by atoms with E-state index in [0.717, 1.165) is 5.56 Å². The zero-order valence-electron chi connectivity index (χ0n) is 8.64. The Morgan fingerprint density at radius 3 is 2.14 bits per heavy atom. The number of nitrogens with two attached hydrogens (primary N) is 1. The van der Waals surface area contributed by atoms with Crippen LogP contribution < -0.4 is 5.73 Å². The Labute approximate surface area is 95.2 Å². The second kappa shape index (κ2) is 4.09. The summed E-state index contributed by atoms with van der Waals surface area (Å²) >= 11 is 11.7. The van der Waals surface area contributed by atoms with Gasteiger partial charge in [-0.05, 0) is 23.1 Å². The lowest BCUT2D eigenvalue weighted by Gasteiger charge is -2.27. The summed E-state index contributed by atoms with van der Waals surface area (Å²) in [6.45, 7) is 6.29. The Morgan fingerprint density at radius 1 is 1.14 bits per heavy atom. The molecular weight excluding hydrogens is 217 g/mol. The van der Waals surface area contributed by atoms with Crippen LogP contribution in [0.25, 0.3) is 0 Å². The Hall–Kier alpha value is -0.240. The van der Waals surface area contributed by atoms with Crippen LogP contribution in [0, 0.1) is 5.41 Å². The summed E-state index contributed by atoms with van der Waals surface area (Å²) in [5, 5.41) is 1.13. The van der Waals surface area contributed by atoms with Crippen molar-refractivity contribution in [3.63, 3.8) is 0 Å². The first kappa shape index (κ1) is 11.8. The zero-order chi connectivity index (χ0) is 10.9. The first-order valence-corrected chi connectivity index (χ1v) is 5.28. The van der Waals surface area contributed by atoms with Gasteiger partial charge in [-0.15, -0.1) is 0 Å². The summed E-state index contributed by atoms with van der Waals surface area (Å²) in [4.78, 5) is 0. The van der Waals surface area contributed by atoms with E-state index in [1.165, 1.54) is 0 Å². The predicted octanol–water partition coefficient (Wildman–Crippen LogP) is 4.04. The first-order chi connectivity index (χ1) is 6.32. The lowest BCUT2D eigenvalue weighted by molar-refractivity contribution is 0.327. The molecule has 1 nitrogen and oxygen atoms in total. The molecule has 0 amide bonds. The van der Waals surface area contributed by atoms with Crippen LogP contribution in [0.3, 0.4) is 0 Å². The fourth-order valence-electron chi connectivity index (χ4n) is 1.21. The highest BCUT2D eigenvalue weighted by atomic mass is 35.5. The van der Waals surface area contributed by atoms with Crippen LogP contribution in [0.4, 0.5) is 0 Å². The fourth-order valence-corrected chi connectivity index (χ4v) is 1.51. The molecule has 1 aromatic carbocycles. The van der Waals surface area contributed by atoms with Crippen molar-refractivity contribution >= 4 is 23.2 Å². The van der Waals surface area contributed by atoms with Crippen LogP contribution in [0.15, 0.2) is 18.2 Å². The highest BCUT2D eigenvalue weighted by molar-refractivity contribution is 6.42. The minimum atomic E-state index is -0.0303. The van der Waals surface area contributed by atoms with Gasteiger partial charge in [-0.25, -0.2) is 0 Å². The summed E-state index contributed by atoms with van der Waals surface area (Å²) < 4.78 is 0. The summed E-state index contributed by atoms with van der Waals surface area (Å²) in [6, 6.07) is 5.51. The quantitative estimate of drug-likeness (QED) is 0.776. The maximum atomic E-state index is 6.09. The monoisotopic (exact) mass is 231 g/mol. The maximum Gasteiger partial charge on any atom is 0.0595 e. The first-order valence-electron chi connectivity index (χ1n) is 4.53. The van der Waals surface area contributed by atoms with Gasteiger partial charge in [0, 0.05) is 6.04 Å². The van der Waals surface area contributed by atoms with E-state index < -0.39 is 0 Å². The van der Waals surface area contributed by atoms with Crippen molar-refractivity contribution in [2.24, 2.45) is 11.1 Å². The predicted molar refractivity (Wildman–Crippen MR) is 62.8 cm³/mol. The minimum absolute atomic E-state index is 0.0250. The van der Waals surface area contributed by atoms with Gasteiger partial charge >= 0.3 is 0 Å². The third-order valence-electron chi connectivity index (χ3n) is 2.24. The van der Waals surface area contributed by atoms with Crippen molar-refractivity contribution < 1.29 is 0 Å². The average Bonchev–Trinajstić information content (AvgIpc) is 2.07. The second-order valence-corrected chi connectivity index (χ2v) is 5.33. The normalized spacial score (nSPS) is 14.1. The van der Waals surface area contributed by atoms with Gasteiger partial charge in [0.1, 0.15) is 0 Å². The molecule has 0 aliphatic rings. The molecule has 1 rings (SSSR count). The van der Waals surface area contributed by atoms with E-state index in [-0.39, 0.29) is 11.5 Å². The van der Waals surface area contributed by atoms with Crippen molar-refractivity contribution in [1.82, 2.24) is 0 Å². The van der Waals surface area contributed by atoms with Gasteiger partial charge in [0.25, 0.3) is 0 Å². The van der Waals surface area contributed by atoms with Gasteiger partial charge < -0.3 is 5.73 Å². The van der Waals surface area contributed by atoms with E-state index in [4.69, 9.17) is 28.9 Å². The SMILES string of the molecule is CC(C)(C)C(N)c1ccc(Cl)c(Cl)c1. The van der Waals surface area contributed by atoms with Crippen molar-refractivity contribution in [3.8, 4) is 0 Å². The number of hydrogen-bond donors (Lipinski definition) is 1. The molecule has 3 heteroatoms. The van der Waals surface area contributed by atoms with Crippen molar-refractivity contribution in [3.05, 3.63) is 33.8 Å². The smallest absolute Gasteiger partial charge is 0.0595 e. The standard InChI is InChI=1S/C11H15Cl2N/c1-11(2,3)10(14)7-4-5-8(12)9(13)6-7/h4-6,10H,14H2,1-3H3. The van der Waals surface area contributed by atoms with Crippen molar-refractivity contribution in [1.29, 1.82) is 0 Å². The Bertz CT molecular complexity index is 329. The molecule has 1 aromatic rings. The highest BCUT2D eigenvalue weighted by Gasteiger charge is 2.22. The van der Waals surface area contributed by atoms with Gasteiger partial charge in [-0.1, -0.05) is 50.0 Å². The molecule has 0 saturated heterocycles. The average molecular weight is 232 g/mol. The molecule has 0 bridgehead atoms. The molecule has 0 spiro atoms. The van der Waals surface area contributed by atoms with Gasteiger partial charge in [-0.3, -0.25) is 0 Å². The lowest BCUT2D eigenvalue weighted by atomic mass is 9.83. The van der Waals surface area contributed by atoms with E-state index in [0.29, 0.717) is 10.0 Å². The molecule has 0 aromatic heterocycles. The van der Waals surface area contributed by atoms with Crippen LogP contribution in [-0.2, 0) is 0 Å². The topological polar surface area (TPSA) is 26.0 Å². The molecule has 0 aliphatic carbocycles.